The van der Waals surface area contributed by atoms with E-state index in [4.69, 9.17) is 9.47 Å². The molecule has 0 saturated carbocycles. The largest absolute Gasteiger partial charge is 0.464 e. The number of carbonyl (C=O) groups is 2. The van der Waals surface area contributed by atoms with Crippen molar-refractivity contribution < 1.29 is 19.1 Å². The molecule has 1 saturated heterocycles. The third kappa shape index (κ3) is 4.79. The number of hydrogen-bond acceptors (Lipinski definition) is 4. The van der Waals surface area contributed by atoms with E-state index in [1.54, 1.807) is 0 Å². The highest BCUT2D eigenvalue weighted by Gasteiger charge is 2.36. The average Bonchev–Trinajstić information content (AvgIpc) is 3.28. The summed E-state index contributed by atoms with van der Waals surface area (Å²) in [7, 11) is 0. The SMILES string of the molecule is O=C(OCCc1ccc2ccccc2c1)[C@@H]1CCCN1C(=O)OCc1ccccc1. The minimum Gasteiger partial charge on any atom is -0.464 e. The van der Waals surface area contributed by atoms with Gasteiger partial charge in [-0.15, -0.1) is 0 Å². The molecule has 1 atom stereocenters. The minimum atomic E-state index is -0.565. The molecule has 3 aromatic rings. The van der Waals surface area contributed by atoms with Crippen molar-refractivity contribution in [3.05, 3.63) is 83.9 Å². The van der Waals surface area contributed by atoms with E-state index in [1.807, 2.05) is 42.5 Å². The average molecular weight is 403 g/mol. The van der Waals surface area contributed by atoms with Crippen molar-refractivity contribution in [3.8, 4) is 0 Å². The summed E-state index contributed by atoms with van der Waals surface area (Å²) in [4.78, 5) is 26.5. The lowest BCUT2D eigenvalue weighted by Gasteiger charge is -2.22. The van der Waals surface area contributed by atoms with Gasteiger partial charge in [0.15, 0.2) is 0 Å². The standard InChI is InChI=1S/C25H25NO4/c27-24(29-16-14-19-12-13-21-9-4-5-10-22(21)17-19)23-11-6-15-26(23)25(28)30-18-20-7-2-1-3-8-20/h1-5,7-10,12-13,17,23H,6,11,14-16,18H2/t23-/m0/s1. The lowest BCUT2D eigenvalue weighted by Crippen LogP contribution is -2.41. The van der Waals surface area contributed by atoms with Crippen LogP contribution in [0.1, 0.15) is 24.0 Å². The van der Waals surface area contributed by atoms with Gasteiger partial charge in [0, 0.05) is 13.0 Å². The number of amides is 1. The van der Waals surface area contributed by atoms with E-state index in [0.717, 1.165) is 17.5 Å². The van der Waals surface area contributed by atoms with Gasteiger partial charge in [-0.3, -0.25) is 4.90 Å². The molecule has 1 fully saturated rings. The molecule has 0 aromatic heterocycles. The van der Waals surface area contributed by atoms with E-state index in [2.05, 4.69) is 30.3 Å². The van der Waals surface area contributed by atoms with E-state index in [1.165, 1.54) is 15.7 Å². The van der Waals surface area contributed by atoms with Crippen molar-refractivity contribution in [2.45, 2.75) is 31.9 Å². The first-order valence-corrected chi connectivity index (χ1v) is 10.3. The van der Waals surface area contributed by atoms with Gasteiger partial charge in [-0.2, -0.15) is 0 Å². The number of ether oxygens (including phenoxy) is 2. The third-order valence-corrected chi connectivity index (χ3v) is 5.41. The fourth-order valence-electron chi connectivity index (χ4n) is 3.79. The Bertz CT molecular complexity index is 1020. The Balaban J connectivity index is 1.28. The number of esters is 1. The Morgan fingerprint density at radius 1 is 0.867 bits per heavy atom. The van der Waals surface area contributed by atoms with Crippen LogP contribution >= 0.6 is 0 Å². The van der Waals surface area contributed by atoms with Crippen molar-refractivity contribution in [1.82, 2.24) is 4.90 Å². The van der Waals surface area contributed by atoms with E-state index in [0.29, 0.717) is 26.0 Å². The second kappa shape index (κ2) is 9.44. The van der Waals surface area contributed by atoms with Crippen LogP contribution in [0.5, 0.6) is 0 Å². The summed E-state index contributed by atoms with van der Waals surface area (Å²) in [6.45, 7) is 0.999. The topological polar surface area (TPSA) is 55.8 Å². The molecule has 1 aliphatic rings. The molecular weight excluding hydrogens is 378 g/mol. The van der Waals surface area contributed by atoms with Crippen molar-refractivity contribution in [2.75, 3.05) is 13.2 Å². The normalized spacial score (nSPS) is 15.9. The molecule has 0 aliphatic carbocycles. The summed E-state index contributed by atoms with van der Waals surface area (Å²) < 4.78 is 10.9. The summed E-state index contributed by atoms with van der Waals surface area (Å²) in [5.74, 6) is -0.357. The molecular formula is C25H25NO4. The van der Waals surface area contributed by atoms with E-state index < -0.39 is 12.1 Å². The van der Waals surface area contributed by atoms with Crippen molar-refractivity contribution in [3.63, 3.8) is 0 Å². The Hall–Kier alpha value is -3.34. The van der Waals surface area contributed by atoms with Crippen molar-refractivity contribution in [1.29, 1.82) is 0 Å². The molecule has 0 radical (unpaired) electrons. The first-order chi connectivity index (χ1) is 14.7. The quantitative estimate of drug-likeness (QED) is 0.559. The summed E-state index contributed by atoms with van der Waals surface area (Å²) in [6.07, 6.45) is 1.55. The number of likely N-dealkylation sites (tertiary alicyclic amines) is 1. The zero-order valence-corrected chi connectivity index (χ0v) is 16.8. The van der Waals surface area contributed by atoms with Gasteiger partial charge in [-0.25, -0.2) is 9.59 Å². The van der Waals surface area contributed by atoms with Gasteiger partial charge >= 0.3 is 12.1 Å². The van der Waals surface area contributed by atoms with E-state index in [9.17, 15) is 9.59 Å². The fourth-order valence-corrected chi connectivity index (χ4v) is 3.79. The van der Waals surface area contributed by atoms with Crippen LogP contribution in [0, 0.1) is 0 Å². The minimum absolute atomic E-state index is 0.194. The number of nitrogens with zero attached hydrogens (tertiary/aromatic N) is 1. The van der Waals surface area contributed by atoms with Gasteiger partial charge in [0.2, 0.25) is 0 Å². The third-order valence-electron chi connectivity index (χ3n) is 5.41. The Morgan fingerprint density at radius 3 is 2.47 bits per heavy atom. The van der Waals surface area contributed by atoms with Crippen LogP contribution in [0.3, 0.4) is 0 Å². The van der Waals surface area contributed by atoms with Gasteiger partial charge in [0.1, 0.15) is 12.6 Å². The van der Waals surface area contributed by atoms with Crippen molar-refractivity contribution >= 4 is 22.8 Å². The lowest BCUT2D eigenvalue weighted by molar-refractivity contribution is -0.148. The van der Waals surface area contributed by atoms with Gasteiger partial charge < -0.3 is 9.47 Å². The predicted molar refractivity (Wildman–Crippen MR) is 115 cm³/mol. The Labute approximate surface area is 176 Å². The Kier molecular flexibility index (Phi) is 6.28. The smallest absolute Gasteiger partial charge is 0.410 e. The molecule has 5 heteroatoms. The summed E-state index contributed by atoms with van der Waals surface area (Å²) in [5.41, 5.74) is 2.03. The molecule has 0 unspecified atom stereocenters. The molecule has 0 spiro atoms. The Morgan fingerprint density at radius 2 is 1.63 bits per heavy atom. The van der Waals surface area contributed by atoms with Crippen molar-refractivity contribution in [2.24, 2.45) is 0 Å². The fraction of sp³-hybridized carbons (Fsp3) is 0.280. The summed E-state index contributed by atoms with van der Waals surface area (Å²) >= 11 is 0. The molecule has 4 rings (SSSR count). The highest BCUT2D eigenvalue weighted by atomic mass is 16.6. The molecule has 1 heterocycles. The van der Waals surface area contributed by atoms with Crippen LogP contribution in [0.4, 0.5) is 4.79 Å². The molecule has 3 aromatic carbocycles. The van der Waals surface area contributed by atoms with Crippen LogP contribution in [0.15, 0.2) is 72.8 Å². The van der Waals surface area contributed by atoms with Crippen LogP contribution < -0.4 is 0 Å². The van der Waals surface area contributed by atoms with Crippen LogP contribution in [-0.4, -0.2) is 36.2 Å². The number of benzene rings is 3. The maximum atomic E-state index is 12.6. The maximum absolute atomic E-state index is 12.6. The first kappa shape index (κ1) is 20.0. The zero-order valence-electron chi connectivity index (χ0n) is 16.8. The van der Waals surface area contributed by atoms with Crippen LogP contribution in [0.25, 0.3) is 10.8 Å². The monoisotopic (exact) mass is 403 g/mol. The van der Waals surface area contributed by atoms with Crippen LogP contribution in [0.2, 0.25) is 0 Å². The molecule has 154 valence electrons. The molecule has 30 heavy (non-hydrogen) atoms. The molecule has 0 N–H and O–H groups in total. The highest BCUT2D eigenvalue weighted by Crippen LogP contribution is 2.21. The molecule has 1 amide bonds. The zero-order chi connectivity index (χ0) is 20.8. The van der Waals surface area contributed by atoms with Gasteiger partial charge in [0.25, 0.3) is 0 Å². The second-order valence-corrected chi connectivity index (χ2v) is 7.49. The van der Waals surface area contributed by atoms with E-state index >= 15 is 0 Å². The number of hydrogen-bond donors (Lipinski definition) is 0. The summed E-state index contributed by atoms with van der Waals surface area (Å²) in [6, 6.07) is 23.4. The van der Waals surface area contributed by atoms with Crippen LogP contribution in [-0.2, 0) is 27.3 Å². The van der Waals surface area contributed by atoms with Gasteiger partial charge in [-0.1, -0.05) is 72.8 Å². The number of rotatable bonds is 6. The number of fused-ring (bicyclic) bond motifs is 1. The molecule has 1 aliphatic heterocycles. The lowest BCUT2D eigenvalue weighted by atomic mass is 10.1. The second-order valence-electron chi connectivity index (χ2n) is 7.49. The first-order valence-electron chi connectivity index (χ1n) is 10.3. The van der Waals surface area contributed by atoms with Gasteiger partial charge in [0.05, 0.1) is 6.61 Å². The maximum Gasteiger partial charge on any atom is 0.410 e. The molecule has 0 bridgehead atoms. The highest BCUT2D eigenvalue weighted by molar-refractivity contribution is 5.83. The van der Waals surface area contributed by atoms with Gasteiger partial charge in [-0.05, 0) is 34.7 Å². The number of carbonyl (C=O) groups excluding carboxylic acids is 2. The summed E-state index contributed by atoms with van der Waals surface area (Å²) in [5, 5.41) is 2.36. The predicted octanol–water partition coefficient (Wildman–Crippen LogP) is 4.73. The molecule has 5 nitrogen and oxygen atoms in total. The van der Waals surface area contributed by atoms with E-state index in [-0.39, 0.29) is 12.6 Å².